The van der Waals surface area contributed by atoms with Crippen molar-refractivity contribution < 1.29 is 19.1 Å². The van der Waals surface area contributed by atoms with E-state index in [0.717, 1.165) is 25.7 Å². The van der Waals surface area contributed by atoms with Gasteiger partial charge in [-0.2, -0.15) is 0 Å². The predicted molar refractivity (Wildman–Crippen MR) is 130 cm³/mol. The van der Waals surface area contributed by atoms with Crippen LogP contribution >= 0.6 is 0 Å². The van der Waals surface area contributed by atoms with Crippen molar-refractivity contribution in [1.29, 1.82) is 0 Å². The Morgan fingerprint density at radius 1 is 0.710 bits per heavy atom. The number of carbonyl (C=O) groups excluding carboxylic acids is 2. The van der Waals surface area contributed by atoms with Crippen LogP contribution in [0, 0.1) is 29.1 Å². The van der Waals surface area contributed by atoms with Gasteiger partial charge in [-0.15, -0.1) is 0 Å². The summed E-state index contributed by atoms with van der Waals surface area (Å²) in [6.45, 7) is 18.5. The van der Waals surface area contributed by atoms with E-state index in [4.69, 9.17) is 9.47 Å². The molecule has 0 aromatic rings. The van der Waals surface area contributed by atoms with Gasteiger partial charge in [0, 0.05) is 0 Å². The molecule has 184 valence electrons. The number of hydrogen-bond acceptors (Lipinski definition) is 4. The van der Waals surface area contributed by atoms with Crippen LogP contribution < -0.4 is 0 Å². The second kappa shape index (κ2) is 16.6. The monoisotopic (exact) mass is 440 g/mol. The quantitative estimate of drug-likeness (QED) is 0.173. The highest BCUT2D eigenvalue weighted by molar-refractivity contribution is 5.80. The number of esters is 2. The molecule has 0 amide bonds. The summed E-state index contributed by atoms with van der Waals surface area (Å²) in [5, 5.41) is 0. The van der Waals surface area contributed by atoms with Crippen molar-refractivity contribution in [3.63, 3.8) is 0 Å². The van der Waals surface area contributed by atoms with Crippen molar-refractivity contribution in [3.8, 4) is 0 Å². The number of rotatable bonds is 17. The Bertz CT molecular complexity index is 476. The topological polar surface area (TPSA) is 52.6 Å². The lowest BCUT2D eigenvalue weighted by molar-refractivity contribution is -0.156. The Labute approximate surface area is 193 Å². The van der Waals surface area contributed by atoms with Crippen molar-refractivity contribution in [2.24, 2.45) is 29.1 Å². The molecular weight excluding hydrogens is 388 g/mol. The van der Waals surface area contributed by atoms with E-state index in [0.29, 0.717) is 37.4 Å². The molecule has 2 unspecified atom stereocenters. The first kappa shape index (κ1) is 29.9. The maximum absolute atomic E-state index is 12.7. The molecule has 0 aromatic carbocycles. The smallest absolute Gasteiger partial charge is 0.309 e. The second-order valence-electron chi connectivity index (χ2n) is 11.3. The predicted octanol–water partition coefficient (Wildman–Crippen LogP) is 7.58. The summed E-state index contributed by atoms with van der Waals surface area (Å²) < 4.78 is 11.0. The van der Waals surface area contributed by atoms with E-state index in [1.807, 2.05) is 0 Å². The minimum atomic E-state index is -0.418. The highest BCUT2D eigenvalue weighted by Gasteiger charge is 2.30. The molecule has 0 bridgehead atoms. The maximum atomic E-state index is 12.7. The van der Waals surface area contributed by atoms with E-state index in [1.54, 1.807) is 0 Å². The van der Waals surface area contributed by atoms with Crippen LogP contribution in [0.15, 0.2) is 0 Å². The summed E-state index contributed by atoms with van der Waals surface area (Å²) in [4.78, 5) is 25.1. The zero-order chi connectivity index (χ0) is 23.9. The largest absolute Gasteiger partial charge is 0.466 e. The normalized spacial score (nSPS) is 14.0. The number of ether oxygens (including phenoxy) is 2. The molecule has 0 aromatic heterocycles. The van der Waals surface area contributed by atoms with E-state index in [2.05, 4.69) is 55.4 Å². The molecule has 2 atom stereocenters. The van der Waals surface area contributed by atoms with Gasteiger partial charge in [-0.25, -0.2) is 0 Å². The molecule has 0 spiro atoms. The standard InChI is InChI=1S/C27H52O4/c1-21(2)15-11-9-13-17-30-25(28)20-24(19-23(5)27(6,7)8)26(29)31-18-14-10-12-16-22(3)4/h21-24H,9-20H2,1-8H3. The highest BCUT2D eigenvalue weighted by atomic mass is 16.5. The summed E-state index contributed by atoms with van der Waals surface area (Å²) >= 11 is 0. The first-order valence-corrected chi connectivity index (χ1v) is 12.8. The third kappa shape index (κ3) is 17.2. The van der Waals surface area contributed by atoms with Gasteiger partial charge >= 0.3 is 11.9 Å². The minimum Gasteiger partial charge on any atom is -0.466 e. The molecule has 31 heavy (non-hydrogen) atoms. The van der Waals surface area contributed by atoms with Crippen LogP contribution in [-0.4, -0.2) is 25.2 Å². The summed E-state index contributed by atoms with van der Waals surface area (Å²) in [6.07, 6.45) is 9.48. The Morgan fingerprint density at radius 3 is 1.65 bits per heavy atom. The van der Waals surface area contributed by atoms with Crippen LogP contribution in [0.3, 0.4) is 0 Å². The van der Waals surface area contributed by atoms with E-state index in [-0.39, 0.29) is 23.8 Å². The molecule has 0 aliphatic rings. The van der Waals surface area contributed by atoms with Gasteiger partial charge in [0.05, 0.1) is 25.6 Å². The average Bonchev–Trinajstić information content (AvgIpc) is 2.65. The summed E-state index contributed by atoms with van der Waals surface area (Å²) in [5.74, 6) is 0.803. The van der Waals surface area contributed by atoms with Crippen LogP contribution in [0.4, 0.5) is 0 Å². The van der Waals surface area contributed by atoms with Crippen LogP contribution in [0.1, 0.15) is 120 Å². The van der Waals surface area contributed by atoms with E-state index < -0.39 is 5.92 Å². The van der Waals surface area contributed by atoms with E-state index >= 15 is 0 Å². The molecule has 0 radical (unpaired) electrons. The van der Waals surface area contributed by atoms with Gasteiger partial charge in [0.2, 0.25) is 0 Å². The summed E-state index contributed by atoms with van der Waals surface area (Å²) in [6, 6.07) is 0. The Hall–Kier alpha value is -1.06. The summed E-state index contributed by atoms with van der Waals surface area (Å²) in [7, 11) is 0. The molecule has 4 heteroatoms. The van der Waals surface area contributed by atoms with Crippen LogP contribution in [0.5, 0.6) is 0 Å². The van der Waals surface area contributed by atoms with Crippen LogP contribution in [0.25, 0.3) is 0 Å². The molecule has 0 rings (SSSR count). The van der Waals surface area contributed by atoms with E-state index in [1.165, 1.54) is 25.7 Å². The lowest BCUT2D eigenvalue weighted by Gasteiger charge is -2.29. The number of carbonyl (C=O) groups is 2. The van der Waals surface area contributed by atoms with Crippen molar-refractivity contribution in [1.82, 2.24) is 0 Å². The fraction of sp³-hybridized carbons (Fsp3) is 0.926. The number of hydrogen-bond donors (Lipinski definition) is 0. The van der Waals surface area contributed by atoms with E-state index in [9.17, 15) is 9.59 Å². The lowest BCUT2D eigenvalue weighted by atomic mass is 9.76. The fourth-order valence-electron chi connectivity index (χ4n) is 3.44. The molecule has 0 saturated carbocycles. The molecule has 0 heterocycles. The molecule has 0 fully saturated rings. The molecule has 0 aliphatic carbocycles. The van der Waals surface area contributed by atoms with Gasteiger partial charge in [0.1, 0.15) is 0 Å². The third-order valence-corrected chi connectivity index (χ3v) is 6.22. The van der Waals surface area contributed by atoms with Gasteiger partial charge in [-0.05, 0) is 42.4 Å². The second-order valence-corrected chi connectivity index (χ2v) is 11.3. The molecule has 0 aliphatic heterocycles. The number of unbranched alkanes of at least 4 members (excludes halogenated alkanes) is 4. The van der Waals surface area contributed by atoms with Crippen molar-refractivity contribution in [3.05, 3.63) is 0 Å². The lowest BCUT2D eigenvalue weighted by Crippen LogP contribution is -2.28. The van der Waals surface area contributed by atoms with Crippen molar-refractivity contribution in [2.45, 2.75) is 120 Å². The molecule has 0 N–H and O–H groups in total. The van der Waals surface area contributed by atoms with Crippen molar-refractivity contribution >= 4 is 11.9 Å². The molecular formula is C27H52O4. The molecule has 0 saturated heterocycles. The SMILES string of the molecule is CC(C)CCCCCOC(=O)CC(CC(C)C(C)(C)C)C(=O)OCCCCCC(C)C. The maximum Gasteiger partial charge on any atom is 0.309 e. The van der Waals surface area contributed by atoms with Crippen LogP contribution in [0.2, 0.25) is 0 Å². The highest BCUT2D eigenvalue weighted by Crippen LogP contribution is 2.32. The minimum absolute atomic E-state index is 0.0791. The van der Waals surface area contributed by atoms with Gasteiger partial charge in [0.25, 0.3) is 0 Å². The van der Waals surface area contributed by atoms with Gasteiger partial charge in [0.15, 0.2) is 0 Å². The first-order chi connectivity index (χ1) is 14.4. The van der Waals surface area contributed by atoms with Gasteiger partial charge < -0.3 is 9.47 Å². The van der Waals surface area contributed by atoms with Gasteiger partial charge in [-0.3, -0.25) is 9.59 Å². The Morgan fingerprint density at radius 2 is 1.19 bits per heavy atom. The van der Waals surface area contributed by atoms with Crippen LogP contribution in [-0.2, 0) is 19.1 Å². The zero-order valence-corrected chi connectivity index (χ0v) is 21.9. The van der Waals surface area contributed by atoms with Crippen molar-refractivity contribution in [2.75, 3.05) is 13.2 Å². The Balaban J connectivity index is 4.48. The summed E-state index contributed by atoms with van der Waals surface area (Å²) in [5.41, 5.74) is 0.0791. The van der Waals surface area contributed by atoms with Gasteiger partial charge in [-0.1, -0.05) is 93.9 Å². The zero-order valence-electron chi connectivity index (χ0n) is 21.9. The first-order valence-electron chi connectivity index (χ1n) is 12.8. The Kier molecular flexibility index (Phi) is 16.0. The molecule has 4 nitrogen and oxygen atoms in total. The third-order valence-electron chi connectivity index (χ3n) is 6.22. The fourth-order valence-corrected chi connectivity index (χ4v) is 3.44. The average molecular weight is 441 g/mol.